The number of ether oxygens (including phenoxy) is 1. The van der Waals surface area contributed by atoms with Crippen molar-refractivity contribution >= 4 is 37.8 Å². The van der Waals surface area contributed by atoms with Crippen LogP contribution in [0.25, 0.3) is 0 Å². The summed E-state index contributed by atoms with van der Waals surface area (Å²) in [7, 11) is 0. The maximum absolute atomic E-state index is 11.0. The van der Waals surface area contributed by atoms with Gasteiger partial charge in [0, 0.05) is 6.07 Å². The standard InChI is InChI=1S/C16H14Br2O4/c1-8(2)11-4-3-10(7-14(11)19)22-15-12(17)5-9(16(20)21)6-13(15)18/h3-8,19H,1-2H3,(H,20,21). The second-order valence-electron chi connectivity index (χ2n) is 5.05. The molecule has 0 saturated heterocycles. The highest BCUT2D eigenvalue weighted by Crippen LogP contribution is 2.39. The SMILES string of the molecule is CC(C)c1ccc(Oc2c(Br)cc(C(=O)O)cc2Br)cc1O. The fourth-order valence-electron chi connectivity index (χ4n) is 1.97. The van der Waals surface area contributed by atoms with Gasteiger partial charge in [-0.25, -0.2) is 4.79 Å². The minimum absolute atomic E-state index is 0.143. The molecule has 0 aromatic heterocycles. The minimum Gasteiger partial charge on any atom is -0.508 e. The molecule has 0 aliphatic heterocycles. The zero-order chi connectivity index (χ0) is 16.4. The second-order valence-corrected chi connectivity index (χ2v) is 6.76. The molecule has 0 fully saturated rings. The molecule has 6 heteroatoms. The molecule has 0 radical (unpaired) electrons. The number of halogens is 2. The molecule has 0 amide bonds. The zero-order valence-electron chi connectivity index (χ0n) is 11.9. The topological polar surface area (TPSA) is 66.8 Å². The number of phenolic OH excluding ortho intramolecular Hbond substituents is 1. The molecule has 0 bridgehead atoms. The van der Waals surface area contributed by atoms with Crippen LogP contribution in [0.4, 0.5) is 0 Å². The predicted molar refractivity (Wildman–Crippen MR) is 91.1 cm³/mol. The van der Waals surface area contributed by atoms with Gasteiger partial charge in [-0.15, -0.1) is 0 Å². The Hall–Kier alpha value is -1.53. The van der Waals surface area contributed by atoms with Crippen LogP contribution in [0.5, 0.6) is 17.2 Å². The number of rotatable bonds is 4. The van der Waals surface area contributed by atoms with E-state index in [9.17, 15) is 9.90 Å². The van der Waals surface area contributed by atoms with Crippen molar-refractivity contribution in [1.82, 2.24) is 0 Å². The number of phenols is 1. The third-order valence-electron chi connectivity index (χ3n) is 3.09. The van der Waals surface area contributed by atoms with E-state index in [0.29, 0.717) is 20.4 Å². The first kappa shape index (κ1) is 16.8. The van der Waals surface area contributed by atoms with Gasteiger partial charge in [-0.1, -0.05) is 19.9 Å². The van der Waals surface area contributed by atoms with Crippen LogP contribution in [0.3, 0.4) is 0 Å². The lowest BCUT2D eigenvalue weighted by atomic mass is 10.0. The molecule has 0 spiro atoms. The summed E-state index contributed by atoms with van der Waals surface area (Å²) < 4.78 is 6.76. The minimum atomic E-state index is -1.02. The third kappa shape index (κ3) is 3.62. The molecule has 2 rings (SSSR count). The fraction of sp³-hybridized carbons (Fsp3) is 0.188. The normalized spacial score (nSPS) is 10.8. The van der Waals surface area contributed by atoms with Crippen LogP contribution in [-0.2, 0) is 0 Å². The predicted octanol–water partition coefficient (Wildman–Crippen LogP) is 5.53. The lowest BCUT2D eigenvalue weighted by molar-refractivity contribution is 0.0696. The van der Waals surface area contributed by atoms with E-state index in [1.165, 1.54) is 12.1 Å². The van der Waals surface area contributed by atoms with Crippen LogP contribution in [0.15, 0.2) is 39.3 Å². The molecule has 2 aromatic rings. The highest BCUT2D eigenvalue weighted by atomic mass is 79.9. The molecule has 0 aliphatic rings. The summed E-state index contributed by atoms with van der Waals surface area (Å²) in [5.74, 6) is 0.268. The van der Waals surface area contributed by atoms with E-state index in [4.69, 9.17) is 9.84 Å². The van der Waals surface area contributed by atoms with Gasteiger partial charge >= 0.3 is 5.97 Å². The molecule has 2 aromatic carbocycles. The van der Waals surface area contributed by atoms with Gasteiger partial charge in [-0.05, 0) is 61.5 Å². The van der Waals surface area contributed by atoms with Crippen LogP contribution in [0.2, 0.25) is 0 Å². The number of carbonyl (C=O) groups is 1. The van der Waals surface area contributed by atoms with Crippen molar-refractivity contribution in [2.45, 2.75) is 19.8 Å². The molecule has 22 heavy (non-hydrogen) atoms. The summed E-state index contributed by atoms with van der Waals surface area (Å²) in [6.45, 7) is 3.99. The number of hydrogen-bond donors (Lipinski definition) is 2. The van der Waals surface area contributed by atoms with E-state index in [2.05, 4.69) is 31.9 Å². The van der Waals surface area contributed by atoms with Gasteiger partial charge in [0.25, 0.3) is 0 Å². The van der Waals surface area contributed by atoms with E-state index in [0.717, 1.165) is 5.56 Å². The molecule has 116 valence electrons. The summed E-state index contributed by atoms with van der Waals surface area (Å²) in [4.78, 5) is 11.0. The second kappa shape index (κ2) is 6.71. The quantitative estimate of drug-likeness (QED) is 0.670. The lowest BCUT2D eigenvalue weighted by Crippen LogP contribution is -1.98. The van der Waals surface area contributed by atoms with Gasteiger partial charge in [0.1, 0.15) is 11.5 Å². The number of aromatic carboxylic acids is 1. The van der Waals surface area contributed by atoms with E-state index in [1.807, 2.05) is 19.9 Å². The van der Waals surface area contributed by atoms with Crippen molar-refractivity contribution in [3.05, 3.63) is 50.4 Å². The van der Waals surface area contributed by atoms with Gasteiger partial charge < -0.3 is 14.9 Å². The first-order valence-electron chi connectivity index (χ1n) is 6.52. The Kier molecular flexibility index (Phi) is 5.13. The Bertz CT molecular complexity index is 703. The number of aromatic hydroxyl groups is 1. The Labute approximate surface area is 145 Å². The molecule has 0 aliphatic carbocycles. The van der Waals surface area contributed by atoms with E-state index >= 15 is 0 Å². The fourth-order valence-corrected chi connectivity index (χ4v) is 3.32. The molecule has 0 atom stereocenters. The van der Waals surface area contributed by atoms with Crippen molar-refractivity contribution in [3.63, 3.8) is 0 Å². The average Bonchev–Trinajstić information content (AvgIpc) is 2.42. The van der Waals surface area contributed by atoms with Gasteiger partial charge in [0.2, 0.25) is 0 Å². The van der Waals surface area contributed by atoms with Crippen LogP contribution in [0.1, 0.15) is 35.7 Å². The van der Waals surface area contributed by atoms with Crippen LogP contribution >= 0.6 is 31.9 Å². The van der Waals surface area contributed by atoms with Gasteiger partial charge in [0.05, 0.1) is 14.5 Å². The van der Waals surface area contributed by atoms with E-state index in [-0.39, 0.29) is 17.2 Å². The van der Waals surface area contributed by atoms with Crippen molar-refractivity contribution in [3.8, 4) is 17.2 Å². The maximum atomic E-state index is 11.0. The third-order valence-corrected chi connectivity index (χ3v) is 4.27. The Morgan fingerprint density at radius 1 is 1.14 bits per heavy atom. The van der Waals surface area contributed by atoms with Crippen LogP contribution in [-0.4, -0.2) is 16.2 Å². The summed E-state index contributed by atoms with van der Waals surface area (Å²) in [6, 6.07) is 8.04. The van der Waals surface area contributed by atoms with Crippen molar-refractivity contribution in [1.29, 1.82) is 0 Å². The molecule has 0 saturated carbocycles. The van der Waals surface area contributed by atoms with Crippen molar-refractivity contribution in [2.75, 3.05) is 0 Å². The number of carboxylic acid groups (broad SMARTS) is 1. The lowest BCUT2D eigenvalue weighted by Gasteiger charge is -2.13. The number of hydrogen-bond acceptors (Lipinski definition) is 3. The van der Waals surface area contributed by atoms with E-state index < -0.39 is 5.97 Å². The zero-order valence-corrected chi connectivity index (χ0v) is 15.1. The molecule has 2 N–H and O–H groups in total. The molecular formula is C16H14Br2O4. The van der Waals surface area contributed by atoms with Crippen molar-refractivity contribution < 1.29 is 19.7 Å². The van der Waals surface area contributed by atoms with Gasteiger partial charge in [0.15, 0.2) is 5.75 Å². The summed E-state index contributed by atoms with van der Waals surface area (Å²) >= 11 is 6.60. The van der Waals surface area contributed by atoms with Crippen LogP contribution < -0.4 is 4.74 Å². The number of benzene rings is 2. The largest absolute Gasteiger partial charge is 0.508 e. The maximum Gasteiger partial charge on any atom is 0.335 e. The Morgan fingerprint density at radius 2 is 1.73 bits per heavy atom. The first-order valence-corrected chi connectivity index (χ1v) is 8.11. The van der Waals surface area contributed by atoms with Gasteiger partial charge in [-0.3, -0.25) is 0 Å². The average molecular weight is 430 g/mol. The monoisotopic (exact) mass is 428 g/mol. The smallest absolute Gasteiger partial charge is 0.335 e. The molecule has 0 heterocycles. The first-order chi connectivity index (χ1) is 10.3. The molecule has 4 nitrogen and oxygen atoms in total. The molecule has 0 unspecified atom stereocenters. The molecular weight excluding hydrogens is 416 g/mol. The highest BCUT2D eigenvalue weighted by molar-refractivity contribution is 9.11. The van der Waals surface area contributed by atoms with Gasteiger partial charge in [-0.2, -0.15) is 0 Å². The van der Waals surface area contributed by atoms with E-state index in [1.54, 1.807) is 12.1 Å². The highest BCUT2D eigenvalue weighted by Gasteiger charge is 2.14. The van der Waals surface area contributed by atoms with Crippen LogP contribution in [0, 0.1) is 0 Å². The Morgan fingerprint density at radius 3 is 2.18 bits per heavy atom. The summed E-state index contributed by atoms with van der Waals surface area (Å²) in [6.07, 6.45) is 0. The number of carboxylic acids is 1. The van der Waals surface area contributed by atoms with Crippen molar-refractivity contribution in [2.24, 2.45) is 0 Å². The Balaban J connectivity index is 2.35. The summed E-state index contributed by atoms with van der Waals surface area (Å²) in [5, 5.41) is 19.0. The summed E-state index contributed by atoms with van der Waals surface area (Å²) in [5.41, 5.74) is 0.982.